The molecule has 0 spiro atoms. The first-order valence-electron chi connectivity index (χ1n) is 9.86. The lowest BCUT2D eigenvalue weighted by molar-refractivity contribution is -0.130. The minimum Gasteiger partial charge on any atom is -0.449 e. The zero-order valence-electron chi connectivity index (χ0n) is 16.3. The smallest absolute Gasteiger partial charge is 0.339 e. The standard InChI is InChI=1S/C23H24ClNO4/c1-15(22(27)25-18-7-3-2-4-8-18)29-23(28)20-10-6-5-9-19(20)21(26)16-11-13-17(24)14-12-16/h5-6,9-15,18H,2-4,7-8H2,1H3,(H,25,27)/t15-/m1/s1. The molecule has 0 bridgehead atoms. The average molecular weight is 414 g/mol. The molecule has 5 nitrogen and oxygen atoms in total. The van der Waals surface area contributed by atoms with Gasteiger partial charge in [-0.3, -0.25) is 9.59 Å². The summed E-state index contributed by atoms with van der Waals surface area (Å²) in [5, 5.41) is 3.47. The maximum Gasteiger partial charge on any atom is 0.339 e. The third-order valence-corrected chi connectivity index (χ3v) is 5.35. The Labute approximate surface area is 175 Å². The summed E-state index contributed by atoms with van der Waals surface area (Å²) >= 11 is 5.88. The van der Waals surface area contributed by atoms with Gasteiger partial charge in [0.15, 0.2) is 11.9 Å². The molecule has 2 aromatic carbocycles. The molecule has 1 amide bonds. The molecule has 1 saturated carbocycles. The van der Waals surface area contributed by atoms with Crippen molar-refractivity contribution >= 4 is 29.3 Å². The lowest BCUT2D eigenvalue weighted by Gasteiger charge is -2.24. The van der Waals surface area contributed by atoms with Crippen molar-refractivity contribution in [2.24, 2.45) is 0 Å². The summed E-state index contributed by atoms with van der Waals surface area (Å²) in [6.07, 6.45) is 4.34. The Balaban J connectivity index is 1.70. The number of ether oxygens (including phenoxy) is 1. The van der Waals surface area contributed by atoms with Gasteiger partial charge in [-0.2, -0.15) is 0 Å². The highest BCUT2D eigenvalue weighted by atomic mass is 35.5. The van der Waals surface area contributed by atoms with Gasteiger partial charge >= 0.3 is 5.97 Å². The van der Waals surface area contributed by atoms with Gasteiger partial charge in [-0.1, -0.05) is 49.1 Å². The molecule has 0 heterocycles. The lowest BCUT2D eigenvalue weighted by atomic mass is 9.95. The van der Waals surface area contributed by atoms with E-state index in [9.17, 15) is 14.4 Å². The minimum atomic E-state index is -0.942. The van der Waals surface area contributed by atoms with Crippen LogP contribution in [0.5, 0.6) is 0 Å². The number of hydrogen-bond donors (Lipinski definition) is 1. The predicted molar refractivity (Wildman–Crippen MR) is 111 cm³/mol. The van der Waals surface area contributed by atoms with E-state index < -0.39 is 12.1 Å². The number of esters is 1. The SMILES string of the molecule is C[C@@H](OC(=O)c1ccccc1C(=O)c1ccc(Cl)cc1)C(=O)NC1CCCCC1. The molecular weight excluding hydrogens is 390 g/mol. The van der Waals surface area contributed by atoms with Gasteiger partial charge in [0.1, 0.15) is 0 Å². The zero-order valence-corrected chi connectivity index (χ0v) is 17.1. The van der Waals surface area contributed by atoms with Crippen molar-refractivity contribution in [2.75, 3.05) is 0 Å². The zero-order chi connectivity index (χ0) is 20.8. The van der Waals surface area contributed by atoms with Crippen LogP contribution >= 0.6 is 11.6 Å². The Kier molecular flexibility index (Phi) is 7.04. The van der Waals surface area contributed by atoms with Gasteiger partial charge in [-0.05, 0) is 50.1 Å². The van der Waals surface area contributed by atoms with E-state index in [1.54, 1.807) is 49.4 Å². The molecule has 1 aliphatic rings. The number of hydrogen-bond acceptors (Lipinski definition) is 4. The summed E-state index contributed by atoms with van der Waals surface area (Å²) in [5.74, 6) is -1.32. The average Bonchev–Trinajstić information content (AvgIpc) is 2.74. The Hall–Kier alpha value is -2.66. The molecule has 0 radical (unpaired) electrons. The molecule has 0 saturated heterocycles. The first-order valence-corrected chi connectivity index (χ1v) is 10.2. The van der Waals surface area contributed by atoms with E-state index in [2.05, 4.69) is 5.32 Å². The van der Waals surface area contributed by atoms with E-state index in [-0.39, 0.29) is 28.9 Å². The fourth-order valence-corrected chi connectivity index (χ4v) is 3.58. The van der Waals surface area contributed by atoms with Gasteiger partial charge < -0.3 is 10.1 Å². The van der Waals surface area contributed by atoms with E-state index in [1.807, 2.05) is 0 Å². The molecule has 1 aliphatic carbocycles. The van der Waals surface area contributed by atoms with Crippen LogP contribution in [0.3, 0.4) is 0 Å². The molecule has 1 fully saturated rings. The second-order valence-corrected chi connectivity index (χ2v) is 7.71. The molecule has 1 N–H and O–H groups in total. The fraction of sp³-hybridized carbons (Fsp3) is 0.348. The minimum absolute atomic E-state index is 0.129. The van der Waals surface area contributed by atoms with Crippen molar-refractivity contribution in [1.82, 2.24) is 5.32 Å². The van der Waals surface area contributed by atoms with E-state index in [4.69, 9.17) is 16.3 Å². The summed E-state index contributed by atoms with van der Waals surface area (Å²) in [5.41, 5.74) is 0.766. The summed E-state index contributed by atoms with van der Waals surface area (Å²) in [6, 6.07) is 13.0. The molecule has 0 unspecified atom stereocenters. The highest BCUT2D eigenvalue weighted by molar-refractivity contribution is 6.30. The monoisotopic (exact) mass is 413 g/mol. The van der Waals surface area contributed by atoms with Gasteiger partial charge in [0.2, 0.25) is 0 Å². The number of benzene rings is 2. The topological polar surface area (TPSA) is 72.5 Å². The summed E-state index contributed by atoms with van der Waals surface area (Å²) < 4.78 is 5.36. The highest BCUT2D eigenvalue weighted by Crippen LogP contribution is 2.19. The molecule has 2 aromatic rings. The van der Waals surface area contributed by atoms with Gasteiger partial charge in [-0.25, -0.2) is 4.79 Å². The van der Waals surface area contributed by atoms with E-state index >= 15 is 0 Å². The second-order valence-electron chi connectivity index (χ2n) is 7.27. The van der Waals surface area contributed by atoms with Crippen molar-refractivity contribution in [3.8, 4) is 0 Å². The summed E-state index contributed by atoms with van der Waals surface area (Å²) in [6.45, 7) is 1.54. The Morgan fingerprint density at radius 2 is 1.59 bits per heavy atom. The summed E-state index contributed by atoms with van der Waals surface area (Å²) in [4.78, 5) is 37.9. The van der Waals surface area contributed by atoms with Crippen LogP contribution in [0.4, 0.5) is 0 Å². The number of halogens is 1. The van der Waals surface area contributed by atoms with E-state index in [0.29, 0.717) is 10.6 Å². The first kappa shape index (κ1) is 21.1. The third-order valence-electron chi connectivity index (χ3n) is 5.10. The van der Waals surface area contributed by atoms with Gasteiger partial charge in [0.25, 0.3) is 5.91 Å². The van der Waals surface area contributed by atoms with Crippen molar-refractivity contribution in [3.63, 3.8) is 0 Å². The molecule has 6 heteroatoms. The number of rotatable bonds is 6. The highest BCUT2D eigenvalue weighted by Gasteiger charge is 2.25. The van der Waals surface area contributed by atoms with Crippen LogP contribution < -0.4 is 5.32 Å². The third kappa shape index (κ3) is 5.45. The van der Waals surface area contributed by atoms with E-state index in [0.717, 1.165) is 25.7 Å². The van der Waals surface area contributed by atoms with E-state index in [1.165, 1.54) is 12.5 Å². The number of carbonyl (C=O) groups excluding carboxylic acids is 3. The maximum absolute atomic E-state index is 12.8. The second kappa shape index (κ2) is 9.70. The first-order chi connectivity index (χ1) is 14.0. The number of amides is 1. The number of ketones is 1. The fourth-order valence-electron chi connectivity index (χ4n) is 3.46. The number of carbonyl (C=O) groups is 3. The van der Waals surface area contributed by atoms with Gasteiger partial charge in [0.05, 0.1) is 5.56 Å². The van der Waals surface area contributed by atoms with Crippen LogP contribution in [0, 0.1) is 0 Å². The maximum atomic E-state index is 12.8. The Morgan fingerprint density at radius 3 is 2.24 bits per heavy atom. The number of nitrogens with one attached hydrogen (secondary N) is 1. The van der Waals surface area contributed by atoms with Crippen molar-refractivity contribution in [1.29, 1.82) is 0 Å². The van der Waals surface area contributed by atoms with Crippen LogP contribution in [-0.2, 0) is 9.53 Å². The molecule has 1 atom stereocenters. The van der Waals surface area contributed by atoms with Gasteiger partial charge in [-0.15, -0.1) is 0 Å². The molecule has 29 heavy (non-hydrogen) atoms. The quantitative estimate of drug-likeness (QED) is 0.556. The van der Waals surface area contributed by atoms with Crippen LogP contribution in [0.15, 0.2) is 48.5 Å². The van der Waals surface area contributed by atoms with Crippen LogP contribution in [0.1, 0.15) is 65.3 Å². The normalized spacial score (nSPS) is 15.4. The van der Waals surface area contributed by atoms with Crippen LogP contribution in [0.2, 0.25) is 5.02 Å². The Morgan fingerprint density at radius 1 is 0.966 bits per heavy atom. The predicted octanol–water partition coefficient (Wildman–Crippen LogP) is 4.57. The van der Waals surface area contributed by atoms with Crippen molar-refractivity contribution < 1.29 is 19.1 Å². The molecule has 0 aliphatic heterocycles. The van der Waals surface area contributed by atoms with Crippen LogP contribution in [0.25, 0.3) is 0 Å². The molecule has 152 valence electrons. The lowest BCUT2D eigenvalue weighted by Crippen LogP contribution is -2.42. The van der Waals surface area contributed by atoms with Crippen molar-refractivity contribution in [3.05, 3.63) is 70.2 Å². The van der Waals surface area contributed by atoms with Gasteiger partial charge in [0, 0.05) is 22.2 Å². The molecule has 0 aromatic heterocycles. The van der Waals surface area contributed by atoms with Crippen molar-refractivity contribution in [2.45, 2.75) is 51.2 Å². The largest absolute Gasteiger partial charge is 0.449 e. The Bertz CT molecular complexity index is 888. The summed E-state index contributed by atoms with van der Waals surface area (Å²) in [7, 11) is 0. The molecular formula is C23H24ClNO4. The molecule has 3 rings (SSSR count). The van der Waals surface area contributed by atoms with Crippen LogP contribution in [-0.4, -0.2) is 29.8 Å².